The summed E-state index contributed by atoms with van der Waals surface area (Å²) >= 11 is 6.89. The van der Waals surface area contributed by atoms with Gasteiger partial charge in [0.05, 0.1) is 15.0 Å². The molecule has 174 valence electrons. The molecule has 0 atom stereocenters. The fourth-order valence-corrected chi connectivity index (χ4v) is 6.24. The molecule has 2 heteroatoms. The molecule has 1 aliphatic heterocycles. The van der Waals surface area contributed by atoms with Gasteiger partial charge in [-0.1, -0.05) is 115 Å². The van der Waals surface area contributed by atoms with Gasteiger partial charge in [-0.2, -0.15) is 0 Å². The fourth-order valence-electron chi connectivity index (χ4n) is 6.02. The van der Waals surface area contributed by atoms with Crippen molar-refractivity contribution in [3.05, 3.63) is 155 Å². The van der Waals surface area contributed by atoms with Gasteiger partial charge in [0, 0.05) is 21.7 Å². The molecule has 0 radical (unpaired) electrons. The van der Waals surface area contributed by atoms with E-state index in [2.05, 4.69) is 24.3 Å². The zero-order valence-corrected chi connectivity index (χ0v) is 20.1. The van der Waals surface area contributed by atoms with Crippen molar-refractivity contribution >= 4 is 22.4 Å². The Morgan fingerprint density at radius 3 is 2.03 bits per heavy atom. The lowest BCUT2D eigenvalue weighted by Gasteiger charge is -2.40. The van der Waals surface area contributed by atoms with E-state index in [4.69, 9.17) is 24.6 Å². The van der Waals surface area contributed by atoms with Crippen molar-refractivity contribution in [2.24, 2.45) is 0 Å². The van der Waals surface area contributed by atoms with Crippen LogP contribution in [0.2, 0.25) is 5.02 Å². The monoisotopic (exact) mass is 499 g/mol. The minimum absolute atomic E-state index is 0.0142. The maximum Gasteiger partial charge on any atom is 0.140 e. The molecule has 1 spiro atoms. The van der Waals surface area contributed by atoms with Crippen molar-refractivity contribution in [2.75, 3.05) is 0 Å². The minimum atomic E-state index is -0.842. The molecule has 2 aliphatic rings. The van der Waals surface area contributed by atoms with Gasteiger partial charge >= 0.3 is 0 Å². The van der Waals surface area contributed by atoms with Crippen LogP contribution in [0, 0.1) is 0 Å². The number of fused-ring (bicyclic) bond motifs is 10. The highest BCUT2D eigenvalue weighted by molar-refractivity contribution is 6.31. The first-order valence-corrected chi connectivity index (χ1v) is 12.4. The van der Waals surface area contributed by atoms with Crippen LogP contribution in [0.25, 0.3) is 33.0 Å². The molecule has 6 aromatic carbocycles. The smallest absolute Gasteiger partial charge is 0.140 e. The van der Waals surface area contributed by atoms with E-state index in [1.807, 2.05) is 54.6 Å². The van der Waals surface area contributed by atoms with Crippen LogP contribution in [0.3, 0.4) is 0 Å². The van der Waals surface area contributed by atoms with Crippen LogP contribution in [0.5, 0.6) is 11.5 Å². The Kier molecular flexibility index (Phi) is 3.08. The molecule has 0 fully saturated rings. The van der Waals surface area contributed by atoms with Crippen LogP contribution < -0.4 is 4.74 Å². The lowest BCUT2D eigenvalue weighted by molar-refractivity contribution is 0.438. The predicted octanol–water partition coefficient (Wildman–Crippen LogP) is 9.63. The lowest BCUT2D eigenvalue weighted by Crippen LogP contribution is -2.32. The second-order valence-electron chi connectivity index (χ2n) is 9.27. The van der Waals surface area contributed by atoms with Crippen LogP contribution in [0.15, 0.2) is 127 Å². The van der Waals surface area contributed by atoms with E-state index in [1.54, 1.807) is 6.07 Å². The van der Waals surface area contributed by atoms with E-state index < -0.39 is 35.6 Å². The molecule has 37 heavy (non-hydrogen) atoms. The molecular formula is C35H21ClO. The summed E-state index contributed by atoms with van der Waals surface area (Å²) in [5.41, 5.74) is 5.34. The van der Waals surface area contributed by atoms with Gasteiger partial charge in [-0.25, -0.2) is 0 Å². The van der Waals surface area contributed by atoms with Crippen LogP contribution in [0.1, 0.15) is 31.8 Å². The lowest BCUT2D eigenvalue weighted by atomic mass is 9.65. The van der Waals surface area contributed by atoms with Crippen molar-refractivity contribution in [3.63, 3.8) is 0 Å². The molecule has 0 saturated carbocycles. The Labute approximate surface area is 230 Å². The average molecular weight is 500 g/mol. The standard InChI is InChI=1S/C35H21ClO/c36-25-20-28(24-18-17-22-9-1-2-10-23(22)19-24)34-32(21-25)35(31-15-7-8-16-33(31)37-34)29-13-5-3-11-26(29)27-12-4-6-14-30(27)35/h1-21H/i1D,2D,9D,10D,17D,18D,19D. The second-order valence-corrected chi connectivity index (χ2v) is 9.71. The molecular weight excluding hydrogens is 472 g/mol. The van der Waals surface area contributed by atoms with Crippen molar-refractivity contribution in [1.82, 2.24) is 0 Å². The van der Waals surface area contributed by atoms with E-state index in [0.29, 0.717) is 22.1 Å². The number of rotatable bonds is 1. The molecule has 1 aliphatic carbocycles. The third kappa shape index (κ3) is 2.75. The summed E-state index contributed by atoms with van der Waals surface area (Å²) in [5, 5.41) is 0.0543. The highest BCUT2D eigenvalue weighted by atomic mass is 35.5. The fraction of sp³-hybridized carbons (Fsp3) is 0.0286. The molecule has 0 unspecified atom stereocenters. The number of hydrogen-bond donors (Lipinski definition) is 0. The highest BCUT2D eigenvalue weighted by Crippen LogP contribution is 2.63. The quantitative estimate of drug-likeness (QED) is 0.218. The Balaban J connectivity index is 1.55. The second kappa shape index (κ2) is 7.59. The summed E-state index contributed by atoms with van der Waals surface area (Å²) in [7, 11) is 0. The summed E-state index contributed by atoms with van der Waals surface area (Å²) in [6, 6.07) is 24.7. The number of benzene rings is 6. The summed E-state index contributed by atoms with van der Waals surface area (Å²) in [5.74, 6) is 0.975. The average Bonchev–Trinajstić information content (AvgIpc) is 3.32. The van der Waals surface area contributed by atoms with Crippen LogP contribution in [0.4, 0.5) is 0 Å². The van der Waals surface area contributed by atoms with Gasteiger partial charge in [0.2, 0.25) is 0 Å². The normalized spacial score (nSPS) is 16.6. The molecule has 8 rings (SSSR count). The van der Waals surface area contributed by atoms with Crippen molar-refractivity contribution in [3.8, 4) is 33.8 Å². The first-order chi connectivity index (χ1) is 21.2. The van der Waals surface area contributed by atoms with E-state index >= 15 is 0 Å². The van der Waals surface area contributed by atoms with Gasteiger partial charge in [-0.15, -0.1) is 0 Å². The molecule has 0 bridgehead atoms. The Morgan fingerprint density at radius 2 is 1.27 bits per heavy atom. The van der Waals surface area contributed by atoms with E-state index in [-0.39, 0.29) is 28.4 Å². The summed E-state index contributed by atoms with van der Waals surface area (Å²) < 4.78 is 67.2. The SMILES string of the molecule is [2H]c1c([2H])c([2H])c2c([2H])c(-c3cc(Cl)cc4c3Oc3ccccc3C43c4ccccc4-c4ccccc43)c([2H])c([2H])c2c1[2H]. The zero-order chi connectivity index (χ0) is 30.7. The number of hydrogen-bond acceptors (Lipinski definition) is 1. The van der Waals surface area contributed by atoms with Crippen molar-refractivity contribution in [1.29, 1.82) is 0 Å². The molecule has 1 nitrogen and oxygen atoms in total. The van der Waals surface area contributed by atoms with Crippen molar-refractivity contribution in [2.45, 2.75) is 5.41 Å². The van der Waals surface area contributed by atoms with Gasteiger partial charge in [0.25, 0.3) is 0 Å². The molecule has 0 aromatic heterocycles. The topological polar surface area (TPSA) is 9.23 Å². The predicted molar refractivity (Wildman–Crippen MR) is 152 cm³/mol. The van der Waals surface area contributed by atoms with Gasteiger partial charge in [-0.3, -0.25) is 0 Å². The third-order valence-electron chi connectivity index (χ3n) is 7.43. The van der Waals surface area contributed by atoms with Crippen LogP contribution >= 0.6 is 11.6 Å². The highest BCUT2D eigenvalue weighted by Gasteiger charge is 2.51. The van der Waals surface area contributed by atoms with Gasteiger partial charge < -0.3 is 4.74 Å². The van der Waals surface area contributed by atoms with Gasteiger partial charge in [0.1, 0.15) is 11.5 Å². The molecule has 6 aromatic rings. The molecule has 0 amide bonds. The van der Waals surface area contributed by atoms with E-state index in [1.165, 1.54) is 0 Å². The minimum Gasteiger partial charge on any atom is -0.456 e. The first kappa shape index (κ1) is 15.0. The first-order valence-electron chi connectivity index (χ1n) is 15.5. The zero-order valence-electron chi connectivity index (χ0n) is 26.4. The van der Waals surface area contributed by atoms with Crippen LogP contribution in [-0.2, 0) is 5.41 Å². The largest absolute Gasteiger partial charge is 0.456 e. The maximum absolute atomic E-state index is 9.24. The van der Waals surface area contributed by atoms with E-state index in [9.17, 15) is 1.37 Å². The maximum atomic E-state index is 9.24. The molecule has 1 heterocycles. The number of halogens is 1. The third-order valence-corrected chi connectivity index (χ3v) is 7.65. The Hall–Kier alpha value is -4.33. The molecule has 0 N–H and O–H groups in total. The Morgan fingerprint density at radius 1 is 0.622 bits per heavy atom. The van der Waals surface area contributed by atoms with Crippen molar-refractivity contribution < 1.29 is 14.3 Å². The van der Waals surface area contributed by atoms with Gasteiger partial charge in [-0.05, 0) is 62.8 Å². The number of para-hydroxylation sites is 1. The van der Waals surface area contributed by atoms with Crippen LogP contribution in [-0.4, -0.2) is 0 Å². The summed E-state index contributed by atoms with van der Waals surface area (Å²) in [6.45, 7) is 0. The summed E-state index contributed by atoms with van der Waals surface area (Å²) in [4.78, 5) is 0. The molecule has 0 saturated heterocycles. The summed E-state index contributed by atoms with van der Waals surface area (Å²) in [6.07, 6.45) is 0. The Bertz CT molecular complexity index is 2220. The number of ether oxygens (including phenoxy) is 1. The van der Waals surface area contributed by atoms with E-state index in [0.717, 1.165) is 33.4 Å². The van der Waals surface area contributed by atoms with Gasteiger partial charge in [0.15, 0.2) is 0 Å².